The average Bonchev–Trinajstić information content (AvgIpc) is 2.57. The predicted octanol–water partition coefficient (Wildman–Crippen LogP) is 5.52. The van der Waals surface area contributed by atoms with Crippen molar-refractivity contribution in [1.82, 2.24) is 4.98 Å². The molecule has 0 spiro atoms. The first kappa shape index (κ1) is 17.7. The van der Waals surface area contributed by atoms with Crippen molar-refractivity contribution in [1.29, 1.82) is 0 Å². The lowest BCUT2D eigenvalue weighted by molar-refractivity contribution is 0.338. The maximum Gasteiger partial charge on any atom is 0.134 e. The topological polar surface area (TPSA) is 12.0 Å². The van der Waals surface area contributed by atoms with Crippen LogP contribution >= 0.6 is 0 Å². The van der Waals surface area contributed by atoms with E-state index in [0.717, 1.165) is 0 Å². The molecule has 1 aliphatic carbocycles. The molecule has 1 nitrogen and oxygen atoms in total. The molecule has 0 saturated heterocycles. The van der Waals surface area contributed by atoms with Crippen LogP contribution in [0.2, 0.25) is 18.1 Å². The summed E-state index contributed by atoms with van der Waals surface area (Å²) >= 11 is 0. The van der Waals surface area contributed by atoms with Crippen molar-refractivity contribution in [3.05, 3.63) is 23.8 Å². The van der Waals surface area contributed by atoms with Gasteiger partial charge in [0.2, 0.25) is 0 Å². The third kappa shape index (κ3) is 3.28. The number of nitrogens with one attached hydrogen (secondary N) is 1. The SMILES string of the molecule is CC(C)C1=CC(C(C)(C)C)([Si](C)(C)NC(C)(C)C)C=C1. The lowest BCUT2D eigenvalue weighted by atomic mass is 9.80. The molecule has 0 aliphatic heterocycles. The van der Waals surface area contributed by atoms with Crippen LogP contribution in [0, 0.1) is 11.3 Å². The molecule has 1 atom stereocenters. The third-order valence-electron chi connectivity index (χ3n) is 4.56. The summed E-state index contributed by atoms with van der Waals surface area (Å²) in [6.45, 7) is 23.5. The van der Waals surface area contributed by atoms with Crippen molar-refractivity contribution in [2.24, 2.45) is 11.3 Å². The van der Waals surface area contributed by atoms with E-state index < -0.39 is 8.24 Å². The van der Waals surface area contributed by atoms with E-state index in [9.17, 15) is 0 Å². The smallest absolute Gasteiger partial charge is 0.134 e. The van der Waals surface area contributed by atoms with Gasteiger partial charge in [0.15, 0.2) is 0 Å². The molecule has 2 heteroatoms. The standard InChI is InChI=1S/C18H35NSi/c1-14(2)15-11-12-18(13-15,16(3,4)5)20(9,10)19-17(6,7)8/h11-14,19H,1-10H3. The van der Waals surface area contributed by atoms with E-state index in [1.54, 1.807) is 0 Å². The maximum absolute atomic E-state index is 3.99. The van der Waals surface area contributed by atoms with Gasteiger partial charge in [0.1, 0.15) is 8.24 Å². The number of rotatable bonds is 3. The van der Waals surface area contributed by atoms with Crippen LogP contribution in [0.1, 0.15) is 55.4 Å². The lowest BCUT2D eigenvalue weighted by Gasteiger charge is -2.52. The van der Waals surface area contributed by atoms with Crippen molar-refractivity contribution in [2.45, 2.75) is 79.1 Å². The fourth-order valence-electron chi connectivity index (χ4n) is 3.78. The van der Waals surface area contributed by atoms with E-state index in [0.29, 0.717) is 5.92 Å². The van der Waals surface area contributed by atoms with Crippen LogP contribution in [0.3, 0.4) is 0 Å². The monoisotopic (exact) mass is 293 g/mol. The minimum Gasteiger partial charge on any atom is -0.332 e. The molecule has 20 heavy (non-hydrogen) atoms. The highest BCUT2D eigenvalue weighted by molar-refractivity contribution is 6.79. The summed E-state index contributed by atoms with van der Waals surface area (Å²) in [4.78, 5) is 3.99. The van der Waals surface area contributed by atoms with Crippen LogP contribution in [0.5, 0.6) is 0 Å². The Balaban J connectivity index is 3.34. The molecule has 116 valence electrons. The van der Waals surface area contributed by atoms with Gasteiger partial charge in [-0.1, -0.05) is 65.9 Å². The van der Waals surface area contributed by atoms with Crippen molar-refractivity contribution in [3.8, 4) is 0 Å². The highest BCUT2D eigenvalue weighted by atomic mass is 28.3. The summed E-state index contributed by atoms with van der Waals surface area (Å²) in [5, 5.41) is 0.173. The van der Waals surface area contributed by atoms with Gasteiger partial charge >= 0.3 is 0 Å². The summed E-state index contributed by atoms with van der Waals surface area (Å²) in [6, 6.07) is 0. The molecule has 0 heterocycles. The molecule has 0 aromatic carbocycles. The van der Waals surface area contributed by atoms with Gasteiger partial charge in [0.05, 0.1) is 0 Å². The summed E-state index contributed by atoms with van der Waals surface area (Å²) in [7, 11) is -1.69. The summed E-state index contributed by atoms with van der Waals surface area (Å²) in [5.41, 5.74) is 1.89. The van der Waals surface area contributed by atoms with E-state index in [-0.39, 0.29) is 16.0 Å². The molecule has 1 N–H and O–H groups in total. The lowest BCUT2D eigenvalue weighted by Crippen LogP contribution is -2.63. The van der Waals surface area contributed by atoms with E-state index in [1.165, 1.54) is 5.57 Å². The Morgan fingerprint density at radius 3 is 1.85 bits per heavy atom. The zero-order valence-electron chi connectivity index (χ0n) is 15.3. The normalized spacial score (nSPS) is 24.4. The molecule has 0 fully saturated rings. The van der Waals surface area contributed by atoms with Gasteiger partial charge in [0.25, 0.3) is 0 Å². The van der Waals surface area contributed by atoms with E-state index in [4.69, 9.17) is 0 Å². The molecule has 0 amide bonds. The Hall–Kier alpha value is -0.343. The minimum atomic E-state index is -1.69. The molecule has 0 bridgehead atoms. The number of hydrogen-bond donors (Lipinski definition) is 1. The third-order valence-corrected chi connectivity index (χ3v) is 9.07. The van der Waals surface area contributed by atoms with Crippen LogP contribution in [-0.2, 0) is 0 Å². The summed E-state index contributed by atoms with van der Waals surface area (Å²) < 4.78 is 0. The Labute approximate surface area is 128 Å². The first-order chi connectivity index (χ1) is 8.72. The van der Waals surface area contributed by atoms with Crippen molar-refractivity contribution in [2.75, 3.05) is 0 Å². The molecule has 1 aliphatic rings. The van der Waals surface area contributed by atoms with E-state index >= 15 is 0 Å². The van der Waals surface area contributed by atoms with Gasteiger partial charge in [-0.2, -0.15) is 0 Å². The molecule has 0 saturated carbocycles. The van der Waals surface area contributed by atoms with Crippen LogP contribution in [0.4, 0.5) is 0 Å². The van der Waals surface area contributed by atoms with E-state index in [2.05, 4.69) is 91.7 Å². The molecular formula is C18H35NSi. The second-order valence-corrected chi connectivity index (χ2v) is 13.6. The van der Waals surface area contributed by atoms with Crippen LogP contribution < -0.4 is 4.98 Å². The summed E-state index contributed by atoms with van der Waals surface area (Å²) in [6.07, 6.45) is 7.44. The zero-order chi connectivity index (χ0) is 16.0. The van der Waals surface area contributed by atoms with Gasteiger partial charge < -0.3 is 4.98 Å². The fraction of sp³-hybridized carbons (Fsp3) is 0.778. The van der Waals surface area contributed by atoms with Crippen LogP contribution in [-0.4, -0.2) is 13.8 Å². The van der Waals surface area contributed by atoms with Gasteiger partial charge in [-0.15, -0.1) is 0 Å². The first-order valence-electron chi connectivity index (χ1n) is 7.93. The first-order valence-corrected chi connectivity index (χ1v) is 10.9. The zero-order valence-corrected chi connectivity index (χ0v) is 16.3. The largest absolute Gasteiger partial charge is 0.332 e. The van der Waals surface area contributed by atoms with E-state index in [1.807, 2.05) is 0 Å². The second kappa shape index (κ2) is 5.13. The van der Waals surface area contributed by atoms with Gasteiger partial charge in [-0.3, -0.25) is 0 Å². The minimum absolute atomic E-state index is 0.163. The quantitative estimate of drug-likeness (QED) is 0.676. The van der Waals surface area contributed by atoms with Crippen molar-refractivity contribution < 1.29 is 0 Å². The Kier molecular flexibility index (Phi) is 4.55. The molecule has 0 aromatic heterocycles. The second-order valence-electron chi connectivity index (χ2n) is 9.25. The number of allylic oxidation sites excluding steroid dienone is 4. The Bertz CT molecular complexity index is 416. The molecule has 1 rings (SSSR count). The van der Waals surface area contributed by atoms with Gasteiger partial charge in [-0.05, 0) is 37.7 Å². The van der Waals surface area contributed by atoms with Crippen molar-refractivity contribution >= 4 is 8.24 Å². The van der Waals surface area contributed by atoms with Crippen LogP contribution in [0.15, 0.2) is 23.8 Å². The number of hydrogen-bond acceptors (Lipinski definition) is 1. The van der Waals surface area contributed by atoms with Gasteiger partial charge in [-0.25, -0.2) is 0 Å². The fourth-order valence-corrected chi connectivity index (χ4v) is 8.76. The highest BCUT2D eigenvalue weighted by Gasteiger charge is 2.53. The Morgan fingerprint density at radius 2 is 1.55 bits per heavy atom. The molecule has 0 radical (unpaired) electrons. The predicted molar refractivity (Wildman–Crippen MR) is 94.6 cm³/mol. The van der Waals surface area contributed by atoms with Crippen molar-refractivity contribution in [3.63, 3.8) is 0 Å². The van der Waals surface area contributed by atoms with Crippen LogP contribution in [0.25, 0.3) is 0 Å². The van der Waals surface area contributed by atoms with Gasteiger partial charge in [0, 0.05) is 10.6 Å². The highest BCUT2D eigenvalue weighted by Crippen LogP contribution is 2.58. The molecular weight excluding hydrogens is 258 g/mol. The Morgan fingerprint density at radius 1 is 1.05 bits per heavy atom. The maximum atomic E-state index is 3.99. The average molecular weight is 294 g/mol. The molecule has 1 unspecified atom stereocenters. The molecule has 0 aromatic rings. The summed E-state index contributed by atoms with van der Waals surface area (Å²) in [5.74, 6) is 0.606.